The highest BCUT2D eigenvalue weighted by molar-refractivity contribution is 8.12. The van der Waals surface area contributed by atoms with E-state index in [4.69, 9.17) is 11.6 Å². The number of nitrogens with one attached hydrogen (secondary N) is 2. The molecule has 1 aliphatic heterocycles. The summed E-state index contributed by atoms with van der Waals surface area (Å²) in [6.45, 7) is 0.751. The molecule has 7 heteroatoms. The van der Waals surface area contributed by atoms with E-state index >= 15 is 0 Å². The van der Waals surface area contributed by atoms with Crippen LogP contribution in [0.25, 0.3) is 0 Å². The maximum absolute atomic E-state index is 11.2. The van der Waals surface area contributed by atoms with Gasteiger partial charge in [-0.2, -0.15) is 10.4 Å². The lowest BCUT2D eigenvalue weighted by atomic mass is 10.2. The SMILES string of the molecule is CN=C(SCc1ccccc1Cl)[NH+]1CCC(=O)N1.[Cl-]. The van der Waals surface area contributed by atoms with E-state index in [-0.39, 0.29) is 18.3 Å². The summed E-state index contributed by atoms with van der Waals surface area (Å²) in [7, 11) is 1.74. The van der Waals surface area contributed by atoms with Gasteiger partial charge in [-0.1, -0.05) is 29.8 Å². The van der Waals surface area contributed by atoms with Crippen LogP contribution in [0.5, 0.6) is 0 Å². The van der Waals surface area contributed by atoms with Gasteiger partial charge in [0.25, 0.3) is 11.1 Å². The second-order valence-electron chi connectivity index (χ2n) is 3.94. The molecule has 1 heterocycles. The predicted molar refractivity (Wildman–Crippen MR) is 74.7 cm³/mol. The fraction of sp³-hybridized carbons (Fsp3) is 0.333. The zero-order valence-corrected chi connectivity index (χ0v) is 12.8. The van der Waals surface area contributed by atoms with Crippen LogP contribution in [0.3, 0.4) is 0 Å². The predicted octanol–water partition coefficient (Wildman–Crippen LogP) is -2.12. The van der Waals surface area contributed by atoms with Crippen LogP contribution in [0.2, 0.25) is 5.02 Å². The Labute approximate surface area is 128 Å². The number of halogens is 2. The van der Waals surface area contributed by atoms with Crippen LogP contribution in [0.1, 0.15) is 12.0 Å². The van der Waals surface area contributed by atoms with Gasteiger partial charge in [0, 0.05) is 17.8 Å². The lowest BCUT2D eigenvalue weighted by molar-refractivity contribution is -0.830. The maximum Gasteiger partial charge on any atom is 0.282 e. The van der Waals surface area contributed by atoms with E-state index in [9.17, 15) is 4.79 Å². The minimum atomic E-state index is 0. The average molecular weight is 320 g/mol. The average Bonchev–Trinajstić information content (AvgIpc) is 2.79. The Kier molecular flexibility index (Phi) is 6.65. The van der Waals surface area contributed by atoms with E-state index in [0.717, 1.165) is 33.1 Å². The second kappa shape index (κ2) is 7.75. The van der Waals surface area contributed by atoms with Gasteiger partial charge in [0.15, 0.2) is 0 Å². The Morgan fingerprint density at radius 1 is 1.53 bits per heavy atom. The number of hydrogen-bond acceptors (Lipinski definition) is 3. The fourth-order valence-electron chi connectivity index (χ4n) is 1.74. The first-order valence-electron chi connectivity index (χ1n) is 5.69. The molecular formula is C12H15Cl2N3OS. The molecule has 1 unspecified atom stereocenters. The van der Waals surface area contributed by atoms with Crippen molar-refractivity contribution in [2.45, 2.75) is 12.2 Å². The van der Waals surface area contributed by atoms with Crippen molar-refractivity contribution in [2.75, 3.05) is 13.6 Å². The molecule has 2 rings (SSSR count). The van der Waals surface area contributed by atoms with Gasteiger partial charge in [0.1, 0.15) is 6.54 Å². The summed E-state index contributed by atoms with van der Waals surface area (Å²) in [5.74, 6) is 0.829. The van der Waals surface area contributed by atoms with Gasteiger partial charge in [0.2, 0.25) is 0 Å². The van der Waals surface area contributed by atoms with Gasteiger partial charge in [0.05, 0.1) is 6.42 Å². The number of nitrogens with zero attached hydrogens (tertiary/aromatic N) is 1. The number of carbonyl (C=O) groups is 1. The Morgan fingerprint density at radius 3 is 2.84 bits per heavy atom. The molecule has 1 fully saturated rings. The van der Waals surface area contributed by atoms with Gasteiger partial charge >= 0.3 is 0 Å². The smallest absolute Gasteiger partial charge is 0.282 e. The van der Waals surface area contributed by atoms with E-state index in [2.05, 4.69) is 10.4 Å². The Morgan fingerprint density at radius 2 is 2.26 bits per heavy atom. The van der Waals surface area contributed by atoms with Crippen LogP contribution >= 0.6 is 23.4 Å². The molecule has 104 valence electrons. The van der Waals surface area contributed by atoms with Crippen molar-refractivity contribution in [3.8, 4) is 0 Å². The number of aliphatic imine (C=N–C) groups is 1. The van der Waals surface area contributed by atoms with Crippen LogP contribution in [0.15, 0.2) is 29.3 Å². The number of amides is 1. The van der Waals surface area contributed by atoms with Gasteiger partial charge in [-0.15, -0.1) is 0 Å². The number of amidine groups is 1. The lowest BCUT2D eigenvalue weighted by Gasteiger charge is -2.12. The van der Waals surface area contributed by atoms with Crippen molar-refractivity contribution in [2.24, 2.45) is 4.99 Å². The molecule has 0 saturated carbocycles. The lowest BCUT2D eigenvalue weighted by Crippen LogP contribution is -3.18. The minimum Gasteiger partial charge on any atom is -1.00 e. The summed E-state index contributed by atoms with van der Waals surface area (Å²) in [4.78, 5) is 15.4. The van der Waals surface area contributed by atoms with E-state index in [0.29, 0.717) is 6.42 Å². The van der Waals surface area contributed by atoms with Crippen LogP contribution in [-0.2, 0) is 10.5 Å². The largest absolute Gasteiger partial charge is 1.00 e. The van der Waals surface area contributed by atoms with Gasteiger partial charge in [-0.25, -0.2) is 4.99 Å². The summed E-state index contributed by atoms with van der Waals surface area (Å²) in [5, 5.41) is 2.58. The normalized spacial score (nSPS) is 18.9. The first-order valence-corrected chi connectivity index (χ1v) is 7.06. The highest BCUT2D eigenvalue weighted by atomic mass is 35.5. The van der Waals surface area contributed by atoms with Crippen LogP contribution < -0.4 is 22.8 Å². The summed E-state index contributed by atoms with van der Waals surface area (Å²) in [6.07, 6.45) is 0.557. The minimum absolute atomic E-state index is 0. The Bertz CT molecular complexity index is 482. The van der Waals surface area contributed by atoms with E-state index in [1.165, 1.54) is 0 Å². The van der Waals surface area contributed by atoms with Crippen molar-refractivity contribution in [1.82, 2.24) is 5.43 Å². The third-order valence-electron chi connectivity index (χ3n) is 2.68. The zero-order chi connectivity index (χ0) is 13.0. The highest BCUT2D eigenvalue weighted by Crippen LogP contribution is 2.20. The molecule has 1 aromatic carbocycles. The summed E-state index contributed by atoms with van der Waals surface area (Å²) >= 11 is 7.71. The van der Waals surface area contributed by atoms with Crippen LogP contribution in [-0.4, -0.2) is 24.7 Å². The van der Waals surface area contributed by atoms with E-state index in [1.807, 2.05) is 24.3 Å². The molecule has 19 heavy (non-hydrogen) atoms. The molecule has 0 aliphatic carbocycles. The topological polar surface area (TPSA) is 45.9 Å². The maximum atomic E-state index is 11.2. The number of carbonyl (C=O) groups excluding carboxylic acids is 1. The van der Waals surface area contributed by atoms with Crippen molar-refractivity contribution in [1.29, 1.82) is 0 Å². The molecule has 0 radical (unpaired) electrons. The van der Waals surface area contributed by atoms with Gasteiger partial charge in [-0.3, -0.25) is 4.79 Å². The number of quaternary nitrogens is 1. The third-order valence-corrected chi connectivity index (χ3v) is 4.20. The number of benzene rings is 1. The summed E-state index contributed by atoms with van der Waals surface area (Å²) < 4.78 is 0. The fourth-order valence-corrected chi connectivity index (χ4v) is 3.02. The van der Waals surface area contributed by atoms with Crippen molar-refractivity contribution < 1.29 is 22.2 Å². The van der Waals surface area contributed by atoms with Crippen LogP contribution in [0.4, 0.5) is 0 Å². The summed E-state index contributed by atoms with van der Waals surface area (Å²) in [5.41, 5.74) is 3.93. The van der Waals surface area contributed by atoms with Crippen molar-refractivity contribution in [3.05, 3.63) is 34.9 Å². The third kappa shape index (κ3) is 4.38. The van der Waals surface area contributed by atoms with Gasteiger partial charge < -0.3 is 12.4 Å². The molecule has 2 N–H and O–H groups in total. The summed E-state index contributed by atoms with van der Waals surface area (Å²) in [6, 6.07) is 7.76. The van der Waals surface area contributed by atoms with E-state index < -0.39 is 0 Å². The monoisotopic (exact) mass is 319 g/mol. The van der Waals surface area contributed by atoms with E-state index in [1.54, 1.807) is 18.8 Å². The highest BCUT2D eigenvalue weighted by Gasteiger charge is 2.27. The second-order valence-corrected chi connectivity index (χ2v) is 5.31. The molecule has 1 saturated heterocycles. The number of rotatable bonds is 2. The molecule has 1 atom stereocenters. The molecule has 4 nitrogen and oxygen atoms in total. The van der Waals surface area contributed by atoms with Gasteiger partial charge in [-0.05, 0) is 23.4 Å². The van der Waals surface area contributed by atoms with Crippen molar-refractivity contribution in [3.63, 3.8) is 0 Å². The van der Waals surface area contributed by atoms with Crippen LogP contribution in [0, 0.1) is 0 Å². The number of hydrogen-bond donors (Lipinski definition) is 2. The Balaban J connectivity index is 0.00000180. The molecule has 1 aliphatic rings. The molecule has 0 aromatic heterocycles. The number of thioether (sulfide) groups is 1. The molecule has 1 aromatic rings. The zero-order valence-electron chi connectivity index (χ0n) is 10.5. The molecule has 1 amide bonds. The quantitative estimate of drug-likeness (QED) is 0.484. The molecule has 0 spiro atoms. The Hall–Kier alpha value is -0.750. The standard InChI is InChI=1S/C12H14ClN3OS.ClH/c1-14-12(16-7-6-11(17)15-16)18-8-9-4-2-3-5-10(9)13;/h2-5H,6-8H2,1H3,(H,15,17);1H. The first-order chi connectivity index (χ1) is 8.70. The van der Waals surface area contributed by atoms with Crippen molar-refractivity contribution >= 4 is 34.4 Å². The molecule has 0 bridgehead atoms. The first kappa shape index (κ1) is 16.3. The molecular weight excluding hydrogens is 305 g/mol.